The van der Waals surface area contributed by atoms with Crippen LogP contribution in [0.4, 0.5) is 9.18 Å². The van der Waals surface area contributed by atoms with E-state index in [0.717, 1.165) is 16.5 Å². The number of hydroxylamine groups is 1. The summed E-state index contributed by atoms with van der Waals surface area (Å²) in [5.74, 6) is 0.174. The monoisotopic (exact) mass is 403 g/mol. The molecule has 1 amide bonds. The summed E-state index contributed by atoms with van der Waals surface area (Å²) >= 11 is 0. The first-order chi connectivity index (χ1) is 14.1. The number of methoxy groups -OCH3 is 1. The van der Waals surface area contributed by atoms with Crippen LogP contribution < -0.4 is 5.48 Å². The number of hydrogen-bond donors (Lipinski definition) is 1. The molecule has 1 N–H and O–H groups in total. The number of amidine groups is 1. The molecule has 0 spiro atoms. The van der Waals surface area contributed by atoms with Crippen LogP contribution in [0.25, 0.3) is 10.9 Å². The molecule has 0 radical (unpaired) electrons. The van der Waals surface area contributed by atoms with Gasteiger partial charge >= 0.3 is 6.09 Å². The Morgan fingerprint density at radius 2 is 2.14 bits per heavy atom. The highest BCUT2D eigenvalue weighted by Gasteiger charge is 2.44. The number of alkyl halides is 1. The lowest BCUT2D eigenvalue weighted by atomic mass is 9.92. The second-order valence-electron chi connectivity index (χ2n) is 7.57. The van der Waals surface area contributed by atoms with Crippen LogP contribution in [0.1, 0.15) is 30.7 Å². The number of hydrogen-bond acceptors (Lipinski definition) is 7. The molecule has 2 fully saturated rings. The Labute approximate surface area is 166 Å². The predicted octanol–water partition coefficient (Wildman–Crippen LogP) is 2.11. The van der Waals surface area contributed by atoms with Crippen LogP contribution in [0, 0.1) is 0 Å². The standard InChI is InChI=1S/C19H22FN5O4/c1-27-18(26)24-6-4-19(20,5-7-24)17-22-16(29-23-17)12-2-3-13-9-21-25(15(13)8-12)14-10-28-11-14/h2-3,8-9,14,16H,4-7,10-11H2,1H3,(H,22,23). The predicted molar refractivity (Wildman–Crippen MR) is 101 cm³/mol. The quantitative estimate of drug-likeness (QED) is 0.844. The first-order valence-corrected chi connectivity index (χ1v) is 9.64. The Balaban J connectivity index is 1.35. The highest BCUT2D eigenvalue weighted by atomic mass is 19.1. The minimum Gasteiger partial charge on any atom is -0.453 e. The number of nitrogens with zero attached hydrogens (tertiary/aromatic N) is 4. The lowest BCUT2D eigenvalue weighted by Crippen LogP contribution is -2.51. The third-order valence-corrected chi connectivity index (χ3v) is 5.80. The van der Waals surface area contributed by atoms with Crippen molar-refractivity contribution in [2.24, 2.45) is 4.99 Å². The molecule has 1 atom stereocenters. The summed E-state index contributed by atoms with van der Waals surface area (Å²) in [6.07, 6.45) is 1.02. The van der Waals surface area contributed by atoms with Gasteiger partial charge in [-0.2, -0.15) is 5.10 Å². The smallest absolute Gasteiger partial charge is 0.409 e. The Bertz CT molecular complexity index is 965. The molecule has 1 aromatic carbocycles. The van der Waals surface area contributed by atoms with E-state index in [1.54, 1.807) is 0 Å². The second-order valence-corrected chi connectivity index (χ2v) is 7.57. The van der Waals surface area contributed by atoms with Crippen LogP contribution in [0.3, 0.4) is 0 Å². The number of aliphatic imine (C=N–C) groups is 1. The number of fused-ring (bicyclic) bond motifs is 1. The normalized spacial score (nSPS) is 24.1. The molecule has 4 heterocycles. The third-order valence-electron chi connectivity index (χ3n) is 5.80. The van der Waals surface area contributed by atoms with E-state index < -0.39 is 18.0 Å². The van der Waals surface area contributed by atoms with Gasteiger partial charge in [-0.25, -0.2) is 24.5 Å². The third kappa shape index (κ3) is 3.12. The molecule has 5 rings (SSSR count). The van der Waals surface area contributed by atoms with Gasteiger partial charge in [0.05, 0.1) is 38.1 Å². The molecule has 29 heavy (non-hydrogen) atoms. The van der Waals surface area contributed by atoms with Crippen molar-refractivity contribution >= 4 is 22.8 Å². The van der Waals surface area contributed by atoms with Crippen molar-refractivity contribution in [1.29, 1.82) is 0 Å². The van der Waals surface area contributed by atoms with Gasteiger partial charge in [0.1, 0.15) is 0 Å². The number of likely N-dealkylation sites (tertiary alicyclic amines) is 1. The van der Waals surface area contributed by atoms with Gasteiger partial charge < -0.3 is 14.4 Å². The maximum atomic E-state index is 15.5. The highest BCUT2D eigenvalue weighted by Crippen LogP contribution is 2.34. The maximum absolute atomic E-state index is 15.5. The molecule has 0 bridgehead atoms. The zero-order valence-electron chi connectivity index (χ0n) is 16.0. The van der Waals surface area contributed by atoms with Crippen molar-refractivity contribution in [3.8, 4) is 0 Å². The van der Waals surface area contributed by atoms with Gasteiger partial charge in [-0.05, 0) is 6.07 Å². The van der Waals surface area contributed by atoms with Crippen molar-refractivity contribution in [3.05, 3.63) is 30.0 Å². The number of rotatable bonds is 3. The molecular weight excluding hydrogens is 381 g/mol. The van der Waals surface area contributed by atoms with Crippen LogP contribution >= 0.6 is 0 Å². The average molecular weight is 403 g/mol. The van der Waals surface area contributed by atoms with E-state index in [4.69, 9.17) is 14.3 Å². The van der Waals surface area contributed by atoms with Crippen molar-refractivity contribution in [2.75, 3.05) is 33.4 Å². The van der Waals surface area contributed by atoms with E-state index >= 15 is 4.39 Å². The number of ether oxygens (including phenoxy) is 2. The first-order valence-electron chi connectivity index (χ1n) is 9.64. The van der Waals surface area contributed by atoms with Gasteiger partial charge in [0.15, 0.2) is 11.5 Å². The fraction of sp³-hybridized carbons (Fsp3) is 0.526. The Hall–Kier alpha value is -2.72. The minimum atomic E-state index is -1.66. The van der Waals surface area contributed by atoms with Gasteiger partial charge in [-0.15, -0.1) is 0 Å². The number of benzene rings is 1. The molecule has 0 saturated carbocycles. The molecular formula is C19H22FN5O4. The number of amides is 1. The number of carbonyl (C=O) groups excluding carboxylic acids is 1. The van der Waals surface area contributed by atoms with Gasteiger partial charge in [0, 0.05) is 36.9 Å². The van der Waals surface area contributed by atoms with Crippen molar-refractivity contribution in [2.45, 2.75) is 30.8 Å². The lowest BCUT2D eigenvalue weighted by Gasteiger charge is -2.34. The molecule has 1 unspecified atom stereocenters. The Kier molecular flexibility index (Phi) is 4.39. The van der Waals surface area contributed by atoms with Crippen molar-refractivity contribution < 1.29 is 23.5 Å². The number of carbonyl (C=O) groups is 1. The van der Waals surface area contributed by atoms with E-state index in [0.29, 0.717) is 13.2 Å². The van der Waals surface area contributed by atoms with Crippen molar-refractivity contribution in [3.63, 3.8) is 0 Å². The van der Waals surface area contributed by atoms with Crippen LogP contribution in [0.15, 0.2) is 29.4 Å². The van der Waals surface area contributed by atoms with Gasteiger partial charge in [-0.3, -0.25) is 4.68 Å². The summed E-state index contributed by atoms with van der Waals surface area (Å²) in [4.78, 5) is 23.2. The Morgan fingerprint density at radius 1 is 1.34 bits per heavy atom. The summed E-state index contributed by atoms with van der Waals surface area (Å²) in [6, 6.07) is 6.09. The largest absolute Gasteiger partial charge is 0.453 e. The van der Waals surface area contributed by atoms with Gasteiger partial charge in [0.2, 0.25) is 6.23 Å². The van der Waals surface area contributed by atoms with E-state index in [1.165, 1.54) is 12.0 Å². The molecule has 3 aliphatic rings. The summed E-state index contributed by atoms with van der Waals surface area (Å²) in [6.45, 7) is 1.84. The fourth-order valence-electron chi connectivity index (χ4n) is 3.90. The molecule has 0 aliphatic carbocycles. The van der Waals surface area contributed by atoms with Crippen LogP contribution in [0.2, 0.25) is 0 Å². The number of halogens is 1. The minimum absolute atomic E-state index is 0.136. The number of nitrogens with one attached hydrogen (secondary N) is 1. The zero-order chi connectivity index (χ0) is 20.0. The molecule has 10 heteroatoms. The van der Waals surface area contributed by atoms with Crippen LogP contribution in [-0.2, 0) is 14.3 Å². The van der Waals surface area contributed by atoms with Gasteiger partial charge in [0.25, 0.3) is 0 Å². The summed E-state index contributed by atoms with van der Waals surface area (Å²) in [7, 11) is 1.32. The molecule has 9 nitrogen and oxygen atoms in total. The van der Waals surface area contributed by atoms with Crippen LogP contribution in [0.5, 0.6) is 0 Å². The van der Waals surface area contributed by atoms with Crippen molar-refractivity contribution in [1.82, 2.24) is 20.2 Å². The SMILES string of the molecule is COC(=O)N1CCC(F)(C2=NC(c3ccc4cnn(C5COC5)c4c3)ON2)CC1. The molecule has 2 aromatic rings. The lowest BCUT2D eigenvalue weighted by molar-refractivity contribution is -0.0266. The van der Waals surface area contributed by atoms with E-state index in [1.807, 2.05) is 29.1 Å². The molecule has 2 saturated heterocycles. The number of piperidine rings is 1. The van der Waals surface area contributed by atoms with Crippen LogP contribution in [-0.4, -0.2) is 65.7 Å². The fourth-order valence-corrected chi connectivity index (χ4v) is 3.90. The summed E-state index contributed by atoms with van der Waals surface area (Å²) in [5.41, 5.74) is 2.81. The molecule has 1 aromatic heterocycles. The topological polar surface area (TPSA) is 90.2 Å². The summed E-state index contributed by atoms with van der Waals surface area (Å²) < 4.78 is 27.4. The van der Waals surface area contributed by atoms with E-state index in [9.17, 15) is 4.79 Å². The van der Waals surface area contributed by atoms with Gasteiger partial charge in [-0.1, -0.05) is 12.1 Å². The second kappa shape index (κ2) is 6.96. The highest BCUT2D eigenvalue weighted by molar-refractivity contribution is 5.91. The maximum Gasteiger partial charge on any atom is 0.409 e. The van der Waals surface area contributed by atoms with E-state index in [-0.39, 0.29) is 37.8 Å². The first kappa shape index (κ1) is 18.3. The molecule has 3 aliphatic heterocycles. The Morgan fingerprint density at radius 3 is 2.83 bits per heavy atom. The summed E-state index contributed by atoms with van der Waals surface area (Å²) in [5, 5.41) is 5.48. The zero-order valence-corrected chi connectivity index (χ0v) is 16.0. The molecule has 154 valence electrons. The van der Waals surface area contributed by atoms with E-state index in [2.05, 4.69) is 15.6 Å². The number of aromatic nitrogens is 2. The average Bonchev–Trinajstić information content (AvgIpc) is 3.35.